The van der Waals surface area contributed by atoms with Crippen molar-refractivity contribution in [2.24, 2.45) is 0 Å². The summed E-state index contributed by atoms with van der Waals surface area (Å²) in [6, 6.07) is 22.0. The minimum Gasteiger partial charge on any atom is -0.322 e. The van der Waals surface area contributed by atoms with Crippen LogP contribution in [0.4, 0.5) is 18.9 Å². The number of hydrogen-bond donors (Lipinski definition) is 1. The Bertz CT molecular complexity index is 1330. The van der Waals surface area contributed by atoms with Crippen molar-refractivity contribution in [3.05, 3.63) is 111 Å². The summed E-state index contributed by atoms with van der Waals surface area (Å²) in [6.45, 7) is 2.77. The van der Waals surface area contributed by atoms with E-state index in [2.05, 4.69) is 33.8 Å². The second kappa shape index (κ2) is 9.68. The number of carbonyl (C=O) groups is 1. The first-order valence-electron chi connectivity index (χ1n) is 11.3. The van der Waals surface area contributed by atoms with Gasteiger partial charge in [0.05, 0.1) is 5.56 Å². The lowest BCUT2D eigenvalue weighted by molar-refractivity contribution is -0.137. The van der Waals surface area contributed by atoms with Crippen LogP contribution in [-0.4, -0.2) is 17.4 Å². The first-order valence-corrected chi connectivity index (χ1v) is 12.2. The van der Waals surface area contributed by atoms with Crippen molar-refractivity contribution in [3.8, 4) is 11.1 Å². The van der Waals surface area contributed by atoms with Gasteiger partial charge in [-0.2, -0.15) is 13.2 Å². The molecular formula is C28H23F3N2OS. The molecule has 2 heterocycles. The first-order chi connectivity index (χ1) is 16.9. The summed E-state index contributed by atoms with van der Waals surface area (Å²) in [5.74, 6) is -0.296. The number of fused-ring (bicyclic) bond motifs is 1. The zero-order chi connectivity index (χ0) is 24.4. The topological polar surface area (TPSA) is 32.3 Å². The van der Waals surface area contributed by atoms with Crippen molar-refractivity contribution in [2.45, 2.75) is 25.7 Å². The van der Waals surface area contributed by atoms with E-state index in [-0.39, 0.29) is 5.91 Å². The molecule has 0 bridgehead atoms. The first kappa shape index (κ1) is 23.3. The van der Waals surface area contributed by atoms with Gasteiger partial charge in [-0.1, -0.05) is 42.5 Å². The van der Waals surface area contributed by atoms with Crippen molar-refractivity contribution < 1.29 is 18.0 Å². The molecule has 7 heteroatoms. The van der Waals surface area contributed by atoms with Crippen molar-refractivity contribution in [1.82, 2.24) is 4.90 Å². The summed E-state index contributed by atoms with van der Waals surface area (Å²) in [6.07, 6.45) is -3.49. The van der Waals surface area contributed by atoms with E-state index in [0.29, 0.717) is 22.4 Å². The fraction of sp³-hybridized carbons (Fsp3) is 0.179. The van der Waals surface area contributed by atoms with Crippen molar-refractivity contribution in [2.75, 3.05) is 11.9 Å². The van der Waals surface area contributed by atoms with Gasteiger partial charge >= 0.3 is 6.18 Å². The number of benzene rings is 3. The minimum absolute atomic E-state index is 0.296. The highest BCUT2D eigenvalue weighted by Gasteiger charge is 2.30. The molecule has 1 amide bonds. The highest BCUT2D eigenvalue weighted by atomic mass is 32.1. The van der Waals surface area contributed by atoms with Gasteiger partial charge in [0.25, 0.3) is 5.91 Å². The maximum atomic E-state index is 13.1. The molecule has 0 saturated carbocycles. The van der Waals surface area contributed by atoms with Crippen LogP contribution in [0.25, 0.3) is 11.1 Å². The van der Waals surface area contributed by atoms with Gasteiger partial charge in [-0.05, 0) is 70.5 Å². The maximum absolute atomic E-state index is 13.1. The minimum atomic E-state index is -4.40. The van der Waals surface area contributed by atoms with E-state index in [1.807, 2.05) is 12.1 Å². The highest BCUT2D eigenvalue weighted by molar-refractivity contribution is 7.09. The number of nitrogens with zero attached hydrogens (tertiary/aromatic N) is 1. The summed E-state index contributed by atoms with van der Waals surface area (Å²) < 4.78 is 38.8. The summed E-state index contributed by atoms with van der Waals surface area (Å²) in [5.41, 5.74) is 4.03. The van der Waals surface area contributed by atoms with Crippen LogP contribution in [0.1, 0.15) is 31.9 Å². The molecule has 3 aromatic carbocycles. The van der Waals surface area contributed by atoms with Crippen LogP contribution in [0.3, 0.4) is 0 Å². The number of halogens is 3. The maximum Gasteiger partial charge on any atom is 0.416 e. The van der Waals surface area contributed by atoms with E-state index in [0.717, 1.165) is 38.2 Å². The van der Waals surface area contributed by atoms with E-state index in [1.165, 1.54) is 28.1 Å². The molecule has 0 fully saturated rings. The van der Waals surface area contributed by atoms with E-state index < -0.39 is 11.7 Å². The van der Waals surface area contributed by atoms with Crippen LogP contribution in [0.2, 0.25) is 0 Å². The lowest BCUT2D eigenvalue weighted by Gasteiger charge is -2.28. The Balaban J connectivity index is 1.31. The van der Waals surface area contributed by atoms with E-state index in [9.17, 15) is 18.0 Å². The molecule has 0 radical (unpaired) electrons. The van der Waals surface area contributed by atoms with Gasteiger partial charge in [0, 0.05) is 35.8 Å². The zero-order valence-corrected chi connectivity index (χ0v) is 19.6. The Morgan fingerprint density at radius 3 is 2.49 bits per heavy atom. The Labute approximate surface area is 205 Å². The van der Waals surface area contributed by atoms with Crippen LogP contribution in [0.15, 0.2) is 84.2 Å². The molecule has 0 aliphatic carbocycles. The van der Waals surface area contributed by atoms with Gasteiger partial charge in [-0.25, -0.2) is 0 Å². The normalized spacial score (nSPS) is 13.9. The molecule has 3 nitrogen and oxygen atoms in total. The van der Waals surface area contributed by atoms with E-state index >= 15 is 0 Å². The average Bonchev–Trinajstić information content (AvgIpc) is 3.37. The van der Waals surface area contributed by atoms with Gasteiger partial charge in [0.1, 0.15) is 0 Å². The zero-order valence-electron chi connectivity index (χ0n) is 18.8. The molecule has 1 aliphatic rings. The number of alkyl halides is 3. The smallest absolute Gasteiger partial charge is 0.322 e. The number of amides is 1. The largest absolute Gasteiger partial charge is 0.416 e. The standard InChI is InChI=1S/C28H23F3N2OS/c29-28(30,31)22-10-7-19(8-11-22)25-5-1-2-6-26(25)27(34)32-23-12-9-21-17-33(14-13-20(21)16-23)18-24-4-3-15-35-24/h1-12,15-16H,13-14,17-18H2,(H,32,34). The van der Waals surface area contributed by atoms with Crippen LogP contribution in [0, 0.1) is 0 Å². The molecule has 5 rings (SSSR count). The van der Waals surface area contributed by atoms with Crippen LogP contribution >= 0.6 is 11.3 Å². The van der Waals surface area contributed by atoms with E-state index in [4.69, 9.17) is 0 Å². The number of nitrogens with one attached hydrogen (secondary N) is 1. The fourth-order valence-corrected chi connectivity index (χ4v) is 5.16. The van der Waals surface area contributed by atoms with Crippen molar-refractivity contribution in [3.63, 3.8) is 0 Å². The molecule has 1 N–H and O–H groups in total. The monoisotopic (exact) mass is 492 g/mol. The molecule has 0 saturated heterocycles. The Morgan fingerprint density at radius 1 is 0.943 bits per heavy atom. The highest BCUT2D eigenvalue weighted by Crippen LogP contribution is 2.32. The SMILES string of the molecule is O=C(Nc1ccc2c(c1)CCN(Cc1cccs1)C2)c1ccccc1-c1ccc(C(F)(F)F)cc1. The lowest BCUT2D eigenvalue weighted by Crippen LogP contribution is -2.29. The number of thiophene rings is 1. The molecule has 0 spiro atoms. The third kappa shape index (κ3) is 5.31. The second-order valence-corrected chi connectivity index (χ2v) is 9.63. The van der Waals surface area contributed by atoms with Crippen LogP contribution in [-0.2, 0) is 25.7 Å². The molecule has 0 unspecified atom stereocenters. The second-order valence-electron chi connectivity index (χ2n) is 8.60. The summed E-state index contributed by atoms with van der Waals surface area (Å²) in [4.78, 5) is 16.9. The third-order valence-corrected chi connectivity index (χ3v) is 7.07. The predicted octanol–water partition coefficient (Wildman–Crippen LogP) is 7.24. The summed E-state index contributed by atoms with van der Waals surface area (Å²) >= 11 is 1.77. The predicted molar refractivity (Wildman–Crippen MR) is 133 cm³/mol. The van der Waals surface area contributed by atoms with E-state index in [1.54, 1.807) is 35.6 Å². The number of anilines is 1. The van der Waals surface area contributed by atoms with Gasteiger partial charge in [0.2, 0.25) is 0 Å². The lowest BCUT2D eigenvalue weighted by atomic mass is 9.97. The van der Waals surface area contributed by atoms with Gasteiger partial charge in [0.15, 0.2) is 0 Å². The van der Waals surface area contributed by atoms with Gasteiger partial charge < -0.3 is 5.32 Å². The molecule has 178 valence electrons. The molecular weight excluding hydrogens is 469 g/mol. The molecule has 1 aromatic heterocycles. The molecule has 35 heavy (non-hydrogen) atoms. The number of carbonyl (C=O) groups excluding carboxylic acids is 1. The molecule has 0 atom stereocenters. The van der Waals surface area contributed by atoms with Crippen LogP contribution < -0.4 is 5.32 Å². The summed E-state index contributed by atoms with van der Waals surface area (Å²) in [5, 5.41) is 5.07. The number of rotatable bonds is 5. The molecule has 1 aliphatic heterocycles. The summed E-state index contributed by atoms with van der Waals surface area (Å²) in [7, 11) is 0. The Hall–Kier alpha value is -3.42. The average molecular weight is 493 g/mol. The Kier molecular flexibility index (Phi) is 6.45. The van der Waals surface area contributed by atoms with Gasteiger partial charge in [-0.3, -0.25) is 9.69 Å². The Morgan fingerprint density at radius 2 is 1.74 bits per heavy atom. The third-order valence-electron chi connectivity index (χ3n) is 6.21. The number of hydrogen-bond acceptors (Lipinski definition) is 3. The fourth-order valence-electron chi connectivity index (χ4n) is 4.42. The van der Waals surface area contributed by atoms with Crippen molar-refractivity contribution in [1.29, 1.82) is 0 Å². The van der Waals surface area contributed by atoms with Gasteiger partial charge in [-0.15, -0.1) is 11.3 Å². The van der Waals surface area contributed by atoms with Crippen molar-refractivity contribution >= 4 is 22.9 Å². The quantitative estimate of drug-likeness (QED) is 0.318. The molecule has 4 aromatic rings. The van der Waals surface area contributed by atoms with Crippen LogP contribution in [0.5, 0.6) is 0 Å².